The monoisotopic (exact) mass is 700 g/mol. The second kappa shape index (κ2) is 15.0. The molecule has 4 rings (SSSR count). The summed E-state index contributed by atoms with van der Waals surface area (Å²) < 4.78 is 48.0. The summed E-state index contributed by atoms with van der Waals surface area (Å²) >= 11 is 4.52. The van der Waals surface area contributed by atoms with E-state index in [1.165, 1.54) is 22.3 Å². The number of amidine groups is 1. The summed E-state index contributed by atoms with van der Waals surface area (Å²) in [6.07, 6.45) is 3.48. The molecule has 2 aliphatic rings. The first-order chi connectivity index (χ1) is 20.4. The van der Waals surface area contributed by atoms with Crippen LogP contribution < -0.4 is 21.1 Å². The molecule has 2 aromatic rings. The molecule has 2 amide bonds. The molecule has 1 aromatic carbocycles. The van der Waals surface area contributed by atoms with Crippen molar-refractivity contribution >= 4 is 54.9 Å². The molecule has 236 valence electrons. The first kappa shape index (κ1) is 33.5. The van der Waals surface area contributed by atoms with Crippen molar-refractivity contribution in [2.24, 2.45) is 11.7 Å². The quantitative estimate of drug-likeness (QED) is 0.158. The van der Waals surface area contributed by atoms with E-state index in [4.69, 9.17) is 15.9 Å². The molecule has 11 nitrogen and oxygen atoms in total. The van der Waals surface area contributed by atoms with E-state index in [0.29, 0.717) is 33.7 Å². The molecule has 0 radical (unpaired) electrons. The maximum Gasteiger partial charge on any atom is 0.243 e. The number of sulfonamides is 1. The maximum absolute atomic E-state index is 14.4. The molecule has 0 saturated carbocycles. The number of rotatable bonds is 13. The number of hydrogen-bond acceptors (Lipinski definition) is 8. The van der Waals surface area contributed by atoms with Gasteiger partial charge < -0.3 is 26.0 Å². The lowest BCUT2D eigenvalue weighted by atomic mass is 9.91. The van der Waals surface area contributed by atoms with Crippen molar-refractivity contribution in [1.82, 2.24) is 20.3 Å². The summed E-state index contributed by atoms with van der Waals surface area (Å²) in [6, 6.07) is 6.17. The van der Waals surface area contributed by atoms with Crippen molar-refractivity contribution in [3.63, 3.8) is 0 Å². The minimum Gasteiger partial charge on any atom is -0.383 e. The molecular formula is C28H38BrFN6O5S2. The second-order valence-electron chi connectivity index (χ2n) is 11.0. The molecule has 2 fully saturated rings. The van der Waals surface area contributed by atoms with Gasteiger partial charge in [0.05, 0.1) is 30.4 Å². The van der Waals surface area contributed by atoms with Gasteiger partial charge in [-0.25, -0.2) is 17.5 Å². The second-order valence-corrected chi connectivity index (χ2v) is 14.9. The summed E-state index contributed by atoms with van der Waals surface area (Å²) in [6.45, 7) is 1.94. The van der Waals surface area contributed by atoms with Gasteiger partial charge in [0.2, 0.25) is 21.8 Å². The summed E-state index contributed by atoms with van der Waals surface area (Å²) in [5.74, 6) is -1.03. The number of amides is 2. The number of halogens is 2. The van der Waals surface area contributed by atoms with E-state index < -0.39 is 45.8 Å². The number of nitrogens with zero attached hydrogens (tertiary/aromatic N) is 1. The van der Waals surface area contributed by atoms with Crippen LogP contribution in [-0.2, 0) is 37.5 Å². The van der Waals surface area contributed by atoms with Gasteiger partial charge in [0, 0.05) is 27.9 Å². The molecule has 3 atom stereocenters. The summed E-state index contributed by atoms with van der Waals surface area (Å²) in [7, 11) is -3.72. The van der Waals surface area contributed by atoms with E-state index >= 15 is 0 Å². The van der Waals surface area contributed by atoms with Crippen LogP contribution in [0.4, 0.5) is 4.39 Å². The number of carbonyl (C=O) groups is 2. The average Bonchev–Trinajstić information content (AvgIpc) is 3.61. The standard InChI is InChI=1S/C28H38BrFN6O5S2/c1-43(39,40)35-23(6-2-17-8-10-33-11-9-17)28(38)36-15-20(41-16-18-3-4-19(29)12-22(18)30)13-24(36)27(37)34-14-21-5-7-25(42-21)26(31)32/h3-5,7,12,17,20,23-24,33,35H,2,6,8-11,13-16H2,1H3,(H3,31,32)(H,34,37)/t20-,23-,24-/m1/s1. The van der Waals surface area contributed by atoms with Gasteiger partial charge in [-0.05, 0) is 69.0 Å². The van der Waals surface area contributed by atoms with Gasteiger partial charge in [0.25, 0.3) is 0 Å². The van der Waals surface area contributed by atoms with Gasteiger partial charge in [-0.15, -0.1) is 11.3 Å². The summed E-state index contributed by atoms with van der Waals surface area (Å²) in [4.78, 5) is 30.1. The van der Waals surface area contributed by atoms with Crippen molar-refractivity contribution < 1.29 is 27.1 Å². The number of piperidine rings is 1. The van der Waals surface area contributed by atoms with Gasteiger partial charge in [-0.1, -0.05) is 22.0 Å². The van der Waals surface area contributed by atoms with Gasteiger partial charge in [-0.3, -0.25) is 15.0 Å². The SMILES string of the molecule is CS(=O)(=O)N[C@H](CCC1CCNCC1)C(=O)N1C[C@H](OCc2ccc(Br)cc2F)C[C@@H]1C(=O)NCc1ccc(C(=N)N)s1. The Kier molecular flexibility index (Phi) is 11.7. The third-order valence-corrected chi connectivity index (χ3v) is 10.0. The highest BCUT2D eigenvalue weighted by Gasteiger charge is 2.42. The van der Waals surface area contributed by atoms with Crippen molar-refractivity contribution in [1.29, 1.82) is 5.41 Å². The Balaban J connectivity index is 1.49. The first-order valence-corrected chi connectivity index (χ1v) is 17.6. The van der Waals surface area contributed by atoms with Crippen molar-refractivity contribution in [3.05, 3.63) is 55.9 Å². The molecule has 0 bridgehead atoms. The van der Waals surface area contributed by atoms with Crippen LogP contribution in [0, 0.1) is 17.1 Å². The molecular weight excluding hydrogens is 663 g/mol. The number of nitrogens with two attached hydrogens (primary N) is 1. The Hall–Kier alpha value is -2.43. The Morgan fingerprint density at radius 2 is 2.02 bits per heavy atom. The lowest BCUT2D eigenvalue weighted by Gasteiger charge is -2.29. The van der Waals surface area contributed by atoms with Crippen LogP contribution >= 0.6 is 27.3 Å². The highest BCUT2D eigenvalue weighted by Crippen LogP contribution is 2.27. The highest BCUT2D eigenvalue weighted by atomic mass is 79.9. The van der Waals surface area contributed by atoms with Crippen LogP contribution in [0.5, 0.6) is 0 Å². The van der Waals surface area contributed by atoms with E-state index in [0.717, 1.165) is 37.1 Å². The van der Waals surface area contributed by atoms with Gasteiger partial charge in [0.15, 0.2) is 0 Å². The Labute approximate surface area is 263 Å². The molecule has 3 heterocycles. The highest BCUT2D eigenvalue weighted by molar-refractivity contribution is 9.10. The Morgan fingerprint density at radius 3 is 2.67 bits per heavy atom. The van der Waals surface area contributed by atoms with Crippen LogP contribution in [0.3, 0.4) is 0 Å². The van der Waals surface area contributed by atoms with Crippen LogP contribution in [0.1, 0.15) is 47.4 Å². The van der Waals surface area contributed by atoms with Gasteiger partial charge in [-0.2, -0.15) is 0 Å². The molecule has 0 aliphatic carbocycles. The number of benzene rings is 1. The molecule has 2 saturated heterocycles. The van der Waals surface area contributed by atoms with Crippen LogP contribution in [0.25, 0.3) is 0 Å². The number of nitrogens with one attached hydrogen (secondary N) is 4. The fourth-order valence-electron chi connectivity index (χ4n) is 5.43. The molecule has 0 spiro atoms. The van der Waals surface area contributed by atoms with Crippen molar-refractivity contribution in [3.8, 4) is 0 Å². The average molecular weight is 702 g/mol. The summed E-state index contributed by atoms with van der Waals surface area (Å²) in [5, 5.41) is 13.8. The van der Waals surface area contributed by atoms with Crippen LogP contribution in [0.2, 0.25) is 0 Å². The smallest absolute Gasteiger partial charge is 0.243 e. The Bertz CT molecular complexity index is 1420. The van der Waals surface area contributed by atoms with E-state index in [2.05, 4.69) is 31.3 Å². The fourth-order valence-corrected chi connectivity index (χ4v) is 7.31. The third kappa shape index (κ3) is 9.78. The van der Waals surface area contributed by atoms with Crippen molar-refractivity contribution in [2.45, 2.75) is 63.4 Å². The number of carbonyl (C=O) groups excluding carboxylic acids is 2. The van der Waals surface area contributed by atoms with E-state index in [1.807, 2.05) is 0 Å². The number of likely N-dealkylation sites (tertiary alicyclic amines) is 1. The third-order valence-electron chi connectivity index (χ3n) is 7.68. The van der Waals surface area contributed by atoms with Crippen LogP contribution in [0.15, 0.2) is 34.8 Å². The lowest BCUT2D eigenvalue weighted by Crippen LogP contribution is -2.53. The minimum atomic E-state index is -3.72. The van der Waals surface area contributed by atoms with Crippen molar-refractivity contribution in [2.75, 3.05) is 25.9 Å². The largest absolute Gasteiger partial charge is 0.383 e. The molecule has 43 heavy (non-hydrogen) atoms. The predicted molar refractivity (Wildman–Crippen MR) is 167 cm³/mol. The molecule has 15 heteroatoms. The predicted octanol–water partition coefficient (Wildman–Crippen LogP) is 2.43. The zero-order chi connectivity index (χ0) is 31.1. The molecule has 6 N–H and O–H groups in total. The van der Waals surface area contributed by atoms with E-state index in [9.17, 15) is 22.4 Å². The molecule has 2 aliphatic heterocycles. The van der Waals surface area contributed by atoms with Gasteiger partial charge in [0.1, 0.15) is 23.7 Å². The number of ether oxygens (including phenoxy) is 1. The molecule has 0 unspecified atom stereocenters. The number of thiophene rings is 1. The Morgan fingerprint density at radius 1 is 1.28 bits per heavy atom. The topological polar surface area (TPSA) is 167 Å². The van der Waals surface area contributed by atoms with Crippen LogP contribution in [-0.4, -0.2) is 75.0 Å². The summed E-state index contributed by atoms with van der Waals surface area (Å²) in [5.41, 5.74) is 5.89. The lowest BCUT2D eigenvalue weighted by molar-refractivity contribution is -0.140. The fraction of sp³-hybridized carbons (Fsp3) is 0.536. The zero-order valence-electron chi connectivity index (χ0n) is 23.9. The van der Waals surface area contributed by atoms with E-state index in [1.54, 1.807) is 24.3 Å². The van der Waals surface area contributed by atoms with Gasteiger partial charge >= 0.3 is 0 Å². The first-order valence-electron chi connectivity index (χ1n) is 14.1. The normalized spacial score (nSPS) is 20.2. The zero-order valence-corrected chi connectivity index (χ0v) is 27.1. The number of nitrogen functional groups attached to an aromatic ring is 1. The van der Waals surface area contributed by atoms with E-state index in [-0.39, 0.29) is 32.0 Å². The minimum absolute atomic E-state index is 0.0517. The number of hydrogen-bond donors (Lipinski definition) is 5. The molecule has 1 aromatic heterocycles. The maximum atomic E-state index is 14.4.